The van der Waals surface area contributed by atoms with E-state index in [1.165, 1.54) is 17.4 Å². The number of benzene rings is 1. The summed E-state index contributed by atoms with van der Waals surface area (Å²) in [5.74, 6) is 0. The third-order valence-corrected chi connectivity index (χ3v) is 3.41. The van der Waals surface area contributed by atoms with Crippen molar-refractivity contribution in [2.24, 2.45) is 0 Å². The average molecular weight is 338 g/mol. The number of rotatable bonds is 3. The molecule has 1 aromatic heterocycles. The van der Waals surface area contributed by atoms with Gasteiger partial charge >= 0.3 is 6.18 Å². The molecule has 0 amide bonds. The number of halogens is 4. The molecule has 96 valence electrons. The molecule has 0 bridgehead atoms. The molecule has 2 aromatic rings. The van der Waals surface area contributed by atoms with Crippen molar-refractivity contribution in [2.45, 2.75) is 12.7 Å². The third-order valence-electron chi connectivity index (χ3n) is 2.10. The van der Waals surface area contributed by atoms with Gasteiger partial charge in [0.05, 0.1) is 5.56 Å². The molecule has 0 saturated heterocycles. The Kier molecular flexibility index (Phi) is 3.86. The number of anilines is 1. The van der Waals surface area contributed by atoms with Crippen LogP contribution in [0.3, 0.4) is 0 Å². The molecule has 8 heteroatoms. The summed E-state index contributed by atoms with van der Waals surface area (Å²) in [6.45, 7) is 0.269. The van der Waals surface area contributed by atoms with E-state index in [4.69, 9.17) is 0 Å². The topological polar surface area (TPSA) is 37.8 Å². The van der Waals surface area contributed by atoms with E-state index in [2.05, 4.69) is 31.4 Å². The molecule has 0 fully saturated rings. The van der Waals surface area contributed by atoms with E-state index in [-0.39, 0.29) is 6.54 Å². The summed E-state index contributed by atoms with van der Waals surface area (Å²) in [4.78, 5) is 0. The van der Waals surface area contributed by atoms with Crippen LogP contribution in [-0.4, -0.2) is 10.2 Å². The van der Waals surface area contributed by atoms with Crippen LogP contribution in [0.2, 0.25) is 0 Å². The Bertz CT molecular complexity index is 541. The Morgan fingerprint density at radius 2 is 2.06 bits per heavy atom. The van der Waals surface area contributed by atoms with Gasteiger partial charge in [0, 0.05) is 6.54 Å². The second-order valence-corrected chi connectivity index (χ2v) is 5.67. The molecular formula is C10H7BrF3N3S. The third kappa shape index (κ3) is 3.42. The Labute approximate surface area is 113 Å². The first-order chi connectivity index (χ1) is 8.45. The maximum atomic E-state index is 12.5. The Hall–Kier alpha value is -1.15. The molecule has 0 aliphatic carbocycles. The van der Waals surface area contributed by atoms with Crippen molar-refractivity contribution in [3.05, 3.63) is 39.3 Å². The quantitative estimate of drug-likeness (QED) is 0.921. The molecule has 0 radical (unpaired) electrons. The predicted octanol–water partition coefficient (Wildman–Crippen LogP) is 3.93. The first-order valence-electron chi connectivity index (χ1n) is 4.84. The first-order valence-corrected chi connectivity index (χ1v) is 6.45. The second kappa shape index (κ2) is 5.23. The van der Waals surface area contributed by atoms with Crippen LogP contribution < -0.4 is 5.32 Å². The number of nitrogens with one attached hydrogen (secondary N) is 1. The van der Waals surface area contributed by atoms with Crippen LogP contribution in [0.4, 0.5) is 18.3 Å². The van der Waals surface area contributed by atoms with E-state index in [1.54, 1.807) is 6.07 Å². The standard InChI is InChI=1S/C10H7BrF3N3S/c11-8-16-17-9(18-8)15-5-6-2-1-3-7(4-6)10(12,13)14/h1-4H,5H2,(H,15,17). The van der Waals surface area contributed by atoms with Crippen molar-refractivity contribution in [1.82, 2.24) is 10.2 Å². The Morgan fingerprint density at radius 1 is 1.28 bits per heavy atom. The van der Waals surface area contributed by atoms with E-state index in [1.807, 2.05) is 0 Å². The molecule has 0 aliphatic rings. The van der Waals surface area contributed by atoms with E-state index >= 15 is 0 Å². The van der Waals surface area contributed by atoms with Crippen LogP contribution in [-0.2, 0) is 12.7 Å². The highest BCUT2D eigenvalue weighted by atomic mass is 79.9. The summed E-state index contributed by atoms with van der Waals surface area (Å²) < 4.78 is 38.1. The monoisotopic (exact) mass is 337 g/mol. The largest absolute Gasteiger partial charge is 0.416 e. The lowest BCUT2D eigenvalue weighted by atomic mass is 10.1. The van der Waals surface area contributed by atoms with E-state index < -0.39 is 11.7 Å². The summed E-state index contributed by atoms with van der Waals surface area (Å²) in [7, 11) is 0. The van der Waals surface area contributed by atoms with Gasteiger partial charge in [-0.3, -0.25) is 0 Å². The van der Waals surface area contributed by atoms with Gasteiger partial charge in [-0.15, -0.1) is 10.2 Å². The molecule has 3 nitrogen and oxygen atoms in total. The van der Waals surface area contributed by atoms with E-state index in [0.717, 1.165) is 12.1 Å². The van der Waals surface area contributed by atoms with Crippen molar-refractivity contribution >= 4 is 32.4 Å². The fraction of sp³-hybridized carbons (Fsp3) is 0.200. The summed E-state index contributed by atoms with van der Waals surface area (Å²) in [5, 5.41) is 11.0. The summed E-state index contributed by atoms with van der Waals surface area (Å²) in [5.41, 5.74) is -0.114. The van der Waals surface area contributed by atoms with Gasteiger partial charge in [0.2, 0.25) is 5.13 Å². The highest BCUT2D eigenvalue weighted by Gasteiger charge is 2.30. The van der Waals surface area contributed by atoms with Crippen LogP contribution in [0, 0.1) is 0 Å². The molecule has 0 atom stereocenters. The lowest BCUT2D eigenvalue weighted by Crippen LogP contribution is -2.06. The minimum atomic E-state index is -4.32. The van der Waals surface area contributed by atoms with Crippen LogP contribution in [0.1, 0.15) is 11.1 Å². The van der Waals surface area contributed by atoms with Gasteiger partial charge in [-0.05, 0) is 33.6 Å². The Balaban J connectivity index is 2.06. The van der Waals surface area contributed by atoms with Gasteiger partial charge in [0.15, 0.2) is 3.92 Å². The summed E-state index contributed by atoms with van der Waals surface area (Å²) in [6.07, 6.45) is -4.32. The predicted molar refractivity (Wildman–Crippen MR) is 66.4 cm³/mol. The normalized spacial score (nSPS) is 11.6. The molecule has 18 heavy (non-hydrogen) atoms. The van der Waals surface area contributed by atoms with Crippen molar-refractivity contribution < 1.29 is 13.2 Å². The maximum absolute atomic E-state index is 12.5. The van der Waals surface area contributed by atoms with Gasteiger partial charge in [-0.1, -0.05) is 23.5 Å². The van der Waals surface area contributed by atoms with Crippen LogP contribution in [0.25, 0.3) is 0 Å². The number of hydrogen-bond donors (Lipinski definition) is 1. The lowest BCUT2D eigenvalue weighted by molar-refractivity contribution is -0.137. The average Bonchev–Trinajstić information content (AvgIpc) is 2.72. The second-order valence-electron chi connectivity index (χ2n) is 3.41. The van der Waals surface area contributed by atoms with Gasteiger partial charge < -0.3 is 5.32 Å². The fourth-order valence-corrected chi connectivity index (χ4v) is 2.32. The number of hydrogen-bond acceptors (Lipinski definition) is 4. The molecule has 2 rings (SSSR count). The summed E-state index contributed by atoms with van der Waals surface area (Å²) >= 11 is 4.43. The summed E-state index contributed by atoms with van der Waals surface area (Å²) in [6, 6.07) is 5.17. The zero-order chi connectivity index (χ0) is 13.2. The van der Waals surface area contributed by atoms with Crippen molar-refractivity contribution in [2.75, 3.05) is 5.32 Å². The molecule has 1 heterocycles. The van der Waals surface area contributed by atoms with Crippen LogP contribution in [0.5, 0.6) is 0 Å². The highest BCUT2D eigenvalue weighted by Crippen LogP contribution is 2.29. The zero-order valence-electron chi connectivity index (χ0n) is 8.83. The molecular weight excluding hydrogens is 331 g/mol. The van der Waals surface area contributed by atoms with Crippen LogP contribution >= 0.6 is 27.3 Å². The van der Waals surface area contributed by atoms with Gasteiger partial charge in [-0.2, -0.15) is 13.2 Å². The zero-order valence-corrected chi connectivity index (χ0v) is 11.2. The highest BCUT2D eigenvalue weighted by molar-refractivity contribution is 9.11. The minimum Gasteiger partial charge on any atom is -0.356 e. The minimum absolute atomic E-state index is 0.269. The lowest BCUT2D eigenvalue weighted by Gasteiger charge is -2.08. The molecule has 1 N–H and O–H groups in total. The van der Waals surface area contributed by atoms with Gasteiger partial charge in [0.25, 0.3) is 0 Å². The fourth-order valence-electron chi connectivity index (χ4n) is 1.31. The van der Waals surface area contributed by atoms with Crippen molar-refractivity contribution in [1.29, 1.82) is 0 Å². The molecule has 0 aliphatic heterocycles. The SMILES string of the molecule is FC(F)(F)c1cccc(CNc2nnc(Br)s2)c1. The molecule has 1 aromatic carbocycles. The van der Waals surface area contributed by atoms with Gasteiger partial charge in [0.1, 0.15) is 0 Å². The maximum Gasteiger partial charge on any atom is 0.416 e. The number of alkyl halides is 3. The van der Waals surface area contributed by atoms with Crippen molar-refractivity contribution in [3.8, 4) is 0 Å². The number of aromatic nitrogens is 2. The first kappa shape index (κ1) is 13.3. The van der Waals surface area contributed by atoms with Crippen LogP contribution in [0.15, 0.2) is 28.2 Å². The molecule has 0 unspecified atom stereocenters. The number of nitrogens with zero attached hydrogens (tertiary/aromatic N) is 2. The van der Waals surface area contributed by atoms with Crippen molar-refractivity contribution in [3.63, 3.8) is 0 Å². The van der Waals surface area contributed by atoms with Gasteiger partial charge in [-0.25, -0.2) is 0 Å². The molecule has 0 saturated carbocycles. The van der Waals surface area contributed by atoms with E-state index in [0.29, 0.717) is 14.6 Å². The Morgan fingerprint density at radius 3 is 2.67 bits per heavy atom. The molecule has 0 spiro atoms. The van der Waals surface area contributed by atoms with E-state index in [9.17, 15) is 13.2 Å². The smallest absolute Gasteiger partial charge is 0.356 e.